The highest BCUT2D eigenvalue weighted by molar-refractivity contribution is 5.86. The SMILES string of the molecule is Cl.Cl.Cl.c1cc2c(cc1N1CCN(C3CCCC3)CC1)CCNC2. The molecule has 1 aliphatic carbocycles. The quantitative estimate of drug-likeness (QED) is 0.826. The van der Waals surface area contributed by atoms with Gasteiger partial charge in [0.2, 0.25) is 0 Å². The van der Waals surface area contributed by atoms with E-state index in [1.807, 2.05) is 0 Å². The van der Waals surface area contributed by atoms with Gasteiger partial charge in [0.1, 0.15) is 0 Å². The highest BCUT2D eigenvalue weighted by atomic mass is 35.5. The first-order valence-corrected chi connectivity index (χ1v) is 8.72. The predicted molar refractivity (Wildman–Crippen MR) is 110 cm³/mol. The summed E-state index contributed by atoms with van der Waals surface area (Å²) in [5.41, 5.74) is 4.50. The fourth-order valence-corrected chi connectivity index (χ4v) is 4.28. The van der Waals surface area contributed by atoms with Crippen molar-refractivity contribution in [1.29, 1.82) is 0 Å². The number of nitrogens with zero attached hydrogens (tertiary/aromatic N) is 2. The van der Waals surface area contributed by atoms with E-state index in [9.17, 15) is 0 Å². The molecule has 138 valence electrons. The van der Waals surface area contributed by atoms with Gasteiger partial charge in [0.25, 0.3) is 0 Å². The van der Waals surface area contributed by atoms with Crippen LogP contribution in [0, 0.1) is 0 Å². The number of rotatable bonds is 2. The number of benzene rings is 1. The summed E-state index contributed by atoms with van der Waals surface area (Å²) < 4.78 is 0. The summed E-state index contributed by atoms with van der Waals surface area (Å²) in [6.07, 6.45) is 6.95. The van der Waals surface area contributed by atoms with Crippen molar-refractivity contribution in [2.24, 2.45) is 0 Å². The summed E-state index contributed by atoms with van der Waals surface area (Å²) >= 11 is 0. The molecule has 1 N–H and O–H groups in total. The van der Waals surface area contributed by atoms with E-state index in [4.69, 9.17) is 0 Å². The molecule has 0 amide bonds. The fourth-order valence-electron chi connectivity index (χ4n) is 4.28. The van der Waals surface area contributed by atoms with Crippen LogP contribution in [0.4, 0.5) is 5.69 Å². The Morgan fingerprint density at radius 2 is 1.58 bits per heavy atom. The van der Waals surface area contributed by atoms with Gasteiger partial charge in [-0.25, -0.2) is 0 Å². The van der Waals surface area contributed by atoms with Crippen LogP contribution in [0.3, 0.4) is 0 Å². The summed E-state index contributed by atoms with van der Waals surface area (Å²) in [6, 6.07) is 8.00. The Hall–Kier alpha value is -0.190. The third-order valence-electron chi connectivity index (χ3n) is 5.60. The Balaban J connectivity index is 0.000000960. The van der Waals surface area contributed by atoms with Crippen LogP contribution >= 0.6 is 37.2 Å². The van der Waals surface area contributed by atoms with Gasteiger partial charge < -0.3 is 10.2 Å². The maximum absolute atomic E-state index is 3.46. The van der Waals surface area contributed by atoms with E-state index in [1.165, 1.54) is 69.5 Å². The molecule has 0 radical (unpaired) electrons. The van der Waals surface area contributed by atoms with Crippen molar-refractivity contribution in [1.82, 2.24) is 10.2 Å². The molecule has 4 rings (SSSR count). The lowest BCUT2D eigenvalue weighted by Crippen LogP contribution is -2.49. The molecule has 24 heavy (non-hydrogen) atoms. The average Bonchev–Trinajstić information content (AvgIpc) is 3.09. The second-order valence-electron chi connectivity index (χ2n) is 6.84. The molecule has 1 saturated carbocycles. The molecule has 0 unspecified atom stereocenters. The molecule has 0 bridgehead atoms. The molecule has 0 atom stereocenters. The zero-order chi connectivity index (χ0) is 14.1. The minimum Gasteiger partial charge on any atom is -0.369 e. The number of hydrogen-bond donors (Lipinski definition) is 1. The summed E-state index contributed by atoms with van der Waals surface area (Å²) in [5.74, 6) is 0. The van der Waals surface area contributed by atoms with Crippen LogP contribution in [-0.2, 0) is 13.0 Å². The molecule has 2 heterocycles. The summed E-state index contributed by atoms with van der Waals surface area (Å²) in [7, 11) is 0. The van der Waals surface area contributed by atoms with Crippen LogP contribution in [0.2, 0.25) is 0 Å². The van der Waals surface area contributed by atoms with Crippen molar-refractivity contribution in [2.45, 2.75) is 44.7 Å². The van der Waals surface area contributed by atoms with Gasteiger partial charge in [-0.2, -0.15) is 0 Å². The number of hydrogen-bond acceptors (Lipinski definition) is 3. The lowest BCUT2D eigenvalue weighted by Gasteiger charge is -2.39. The van der Waals surface area contributed by atoms with Crippen molar-refractivity contribution in [2.75, 3.05) is 37.6 Å². The molecule has 3 aliphatic rings. The van der Waals surface area contributed by atoms with Crippen molar-refractivity contribution in [3.8, 4) is 0 Å². The molecule has 3 nitrogen and oxygen atoms in total. The van der Waals surface area contributed by atoms with E-state index in [0.29, 0.717) is 0 Å². The van der Waals surface area contributed by atoms with Crippen molar-refractivity contribution < 1.29 is 0 Å². The van der Waals surface area contributed by atoms with Gasteiger partial charge in [0.05, 0.1) is 0 Å². The second kappa shape index (κ2) is 10.1. The number of fused-ring (bicyclic) bond motifs is 1. The van der Waals surface area contributed by atoms with Crippen LogP contribution in [0.1, 0.15) is 36.8 Å². The molecule has 1 saturated heterocycles. The maximum atomic E-state index is 3.46. The third-order valence-corrected chi connectivity index (χ3v) is 5.60. The molecule has 2 aliphatic heterocycles. The largest absolute Gasteiger partial charge is 0.369 e. The Labute approximate surface area is 164 Å². The van der Waals surface area contributed by atoms with Crippen LogP contribution in [0.25, 0.3) is 0 Å². The van der Waals surface area contributed by atoms with E-state index in [-0.39, 0.29) is 37.2 Å². The third kappa shape index (κ3) is 4.70. The minimum absolute atomic E-state index is 0. The van der Waals surface area contributed by atoms with Gasteiger partial charge in [-0.15, -0.1) is 37.2 Å². The van der Waals surface area contributed by atoms with Crippen LogP contribution in [0.5, 0.6) is 0 Å². The Kier molecular flexibility index (Phi) is 9.18. The molecular weight excluding hydrogens is 365 g/mol. The predicted octanol–water partition coefficient (Wildman–Crippen LogP) is 3.66. The van der Waals surface area contributed by atoms with Crippen LogP contribution in [-0.4, -0.2) is 43.7 Å². The second-order valence-corrected chi connectivity index (χ2v) is 6.84. The molecule has 0 aromatic heterocycles. The van der Waals surface area contributed by atoms with Crippen molar-refractivity contribution >= 4 is 42.9 Å². The van der Waals surface area contributed by atoms with Crippen LogP contribution in [0.15, 0.2) is 18.2 Å². The summed E-state index contributed by atoms with van der Waals surface area (Å²) in [5, 5.41) is 3.46. The summed E-state index contributed by atoms with van der Waals surface area (Å²) in [6.45, 7) is 7.09. The van der Waals surface area contributed by atoms with Crippen LogP contribution < -0.4 is 10.2 Å². The van der Waals surface area contributed by atoms with Gasteiger partial charge in [-0.1, -0.05) is 18.9 Å². The number of anilines is 1. The molecule has 1 aromatic carbocycles. The first-order valence-electron chi connectivity index (χ1n) is 8.72. The standard InChI is InChI=1S/C18H27N3.3ClH/c1-2-4-17(3-1)20-9-11-21(12-10-20)18-6-5-16-14-19-8-7-15(16)13-18;;;/h5-6,13,17,19H,1-4,7-12,14H2;3*1H. The Morgan fingerprint density at radius 3 is 2.29 bits per heavy atom. The zero-order valence-electron chi connectivity index (χ0n) is 14.2. The number of halogens is 3. The first-order chi connectivity index (χ1) is 10.4. The van der Waals surface area contributed by atoms with E-state index in [2.05, 4.69) is 33.3 Å². The molecule has 1 aromatic rings. The maximum Gasteiger partial charge on any atom is 0.0370 e. The Morgan fingerprint density at radius 1 is 0.875 bits per heavy atom. The highest BCUT2D eigenvalue weighted by Gasteiger charge is 2.26. The molecule has 2 fully saturated rings. The lowest BCUT2D eigenvalue weighted by molar-refractivity contribution is 0.187. The molecule has 6 heteroatoms. The van der Waals surface area contributed by atoms with E-state index < -0.39 is 0 Å². The number of piperazine rings is 1. The molecular formula is C18H30Cl3N3. The van der Waals surface area contributed by atoms with Gasteiger partial charge >= 0.3 is 0 Å². The minimum atomic E-state index is 0. The monoisotopic (exact) mass is 393 g/mol. The Bertz CT molecular complexity index is 498. The topological polar surface area (TPSA) is 18.5 Å². The average molecular weight is 395 g/mol. The highest BCUT2D eigenvalue weighted by Crippen LogP contribution is 2.27. The fraction of sp³-hybridized carbons (Fsp3) is 0.667. The smallest absolute Gasteiger partial charge is 0.0370 e. The zero-order valence-corrected chi connectivity index (χ0v) is 16.7. The van der Waals surface area contributed by atoms with E-state index >= 15 is 0 Å². The van der Waals surface area contributed by atoms with Gasteiger partial charge in [0, 0.05) is 44.5 Å². The molecule has 0 spiro atoms. The normalized spacial score (nSPS) is 21.2. The van der Waals surface area contributed by atoms with Gasteiger partial charge in [0.15, 0.2) is 0 Å². The number of nitrogens with one attached hydrogen (secondary N) is 1. The lowest BCUT2D eigenvalue weighted by atomic mass is 10.00. The van der Waals surface area contributed by atoms with E-state index in [1.54, 1.807) is 5.56 Å². The van der Waals surface area contributed by atoms with Gasteiger partial charge in [-0.3, -0.25) is 4.90 Å². The van der Waals surface area contributed by atoms with Gasteiger partial charge in [-0.05, 0) is 49.1 Å². The first kappa shape index (κ1) is 21.9. The van der Waals surface area contributed by atoms with Crippen molar-refractivity contribution in [3.05, 3.63) is 29.3 Å². The summed E-state index contributed by atoms with van der Waals surface area (Å²) in [4.78, 5) is 5.33. The van der Waals surface area contributed by atoms with Crippen molar-refractivity contribution in [3.63, 3.8) is 0 Å². The van der Waals surface area contributed by atoms with E-state index in [0.717, 1.165) is 19.1 Å².